The summed E-state index contributed by atoms with van der Waals surface area (Å²) in [6.07, 6.45) is 0.325. The summed E-state index contributed by atoms with van der Waals surface area (Å²) in [6.45, 7) is 6.11. The first-order chi connectivity index (χ1) is 9.93. The number of benzene rings is 1. The van der Waals surface area contributed by atoms with E-state index >= 15 is 0 Å². The SMILES string of the molecule is CCc1nn(C)c(COc2ccc([C@@H](C)O)cc2C)c1Cl. The number of hydrogen-bond donors (Lipinski definition) is 1. The summed E-state index contributed by atoms with van der Waals surface area (Å²) in [7, 11) is 1.87. The maximum atomic E-state index is 9.58. The molecular formula is C16H21ClN2O2. The van der Waals surface area contributed by atoms with Crippen molar-refractivity contribution in [2.45, 2.75) is 39.9 Å². The van der Waals surface area contributed by atoms with E-state index in [0.29, 0.717) is 11.6 Å². The van der Waals surface area contributed by atoms with Crippen LogP contribution in [0.3, 0.4) is 0 Å². The Bertz CT molecular complexity index is 635. The smallest absolute Gasteiger partial charge is 0.131 e. The van der Waals surface area contributed by atoms with Crippen LogP contribution < -0.4 is 4.74 Å². The normalized spacial score (nSPS) is 12.5. The van der Waals surface area contributed by atoms with Crippen molar-refractivity contribution in [3.05, 3.63) is 45.7 Å². The van der Waals surface area contributed by atoms with Crippen LogP contribution >= 0.6 is 11.6 Å². The molecule has 5 heteroatoms. The first-order valence-corrected chi connectivity index (χ1v) is 7.43. The fourth-order valence-corrected chi connectivity index (χ4v) is 2.57. The van der Waals surface area contributed by atoms with Crippen LogP contribution in [0.25, 0.3) is 0 Å². The molecule has 2 rings (SSSR count). The second kappa shape index (κ2) is 6.50. The second-order valence-corrected chi connectivity index (χ2v) is 5.55. The molecule has 0 aliphatic carbocycles. The predicted octanol–water partition coefficient (Wildman–Crippen LogP) is 3.58. The lowest BCUT2D eigenvalue weighted by Gasteiger charge is -2.12. The highest BCUT2D eigenvalue weighted by Crippen LogP contribution is 2.26. The van der Waals surface area contributed by atoms with Crippen LogP contribution in [0.15, 0.2) is 18.2 Å². The number of aliphatic hydroxyl groups excluding tert-OH is 1. The Balaban J connectivity index is 2.15. The van der Waals surface area contributed by atoms with Gasteiger partial charge in [0.1, 0.15) is 12.4 Å². The quantitative estimate of drug-likeness (QED) is 0.918. The molecular weight excluding hydrogens is 288 g/mol. The fourth-order valence-electron chi connectivity index (χ4n) is 2.22. The average Bonchev–Trinajstić information content (AvgIpc) is 2.72. The molecule has 1 aromatic carbocycles. The van der Waals surface area contributed by atoms with Gasteiger partial charge in [-0.25, -0.2) is 0 Å². The third kappa shape index (κ3) is 3.39. The zero-order valence-electron chi connectivity index (χ0n) is 12.9. The Morgan fingerprint density at radius 3 is 2.67 bits per heavy atom. The van der Waals surface area contributed by atoms with Gasteiger partial charge in [-0.3, -0.25) is 4.68 Å². The van der Waals surface area contributed by atoms with Crippen LogP contribution in [-0.4, -0.2) is 14.9 Å². The first-order valence-electron chi connectivity index (χ1n) is 7.05. The van der Waals surface area contributed by atoms with Crippen molar-refractivity contribution < 1.29 is 9.84 Å². The number of aliphatic hydroxyl groups is 1. The molecule has 0 radical (unpaired) electrons. The number of aryl methyl sites for hydroxylation is 3. The van der Waals surface area contributed by atoms with Gasteiger partial charge < -0.3 is 9.84 Å². The average molecular weight is 309 g/mol. The lowest BCUT2D eigenvalue weighted by atomic mass is 10.1. The maximum absolute atomic E-state index is 9.58. The van der Waals surface area contributed by atoms with E-state index in [-0.39, 0.29) is 0 Å². The van der Waals surface area contributed by atoms with Gasteiger partial charge in [0.15, 0.2) is 0 Å². The minimum absolute atomic E-state index is 0.372. The Morgan fingerprint density at radius 1 is 1.43 bits per heavy atom. The molecule has 1 heterocycles. The monoisotopic (exact) mass is 308 g/mol. The molecule has 0 aliphatic heterocycles. The van der Waals surface area contributed by atoms with Gasteiger partial charge in [-0.1, -0.05) is 24.6 Å². The summed E-state index contributed by atoms with van der Waals surface area (Å²) in [5, 5.41) is 14.6. The molecule has 0 fully saturated rings. The van der Waals surface area contributed by atoms with Crippen molar-refractivity contribution in [2.75, 3.05) is 0 Å². The molecule has 1 N–H and O–H groups in total. The van der Waals surface area contributed by atoms with Gasteiger partial charge in [0.25, 0.3) is 0 Å². The van der Waals surface area contributed by atoms with Crippen LogP contribution in [0.5, 0.6) is 5.75 Å². The lowest BCUT2D eigenvalue weighted by Crippen LogP contribution is -2.04. The van der Waals surface area contributed by atoms with Gasteiger partial charge in [-0.05, 0) is 43.5 Å². The van der Waals surface area contributed by atoms with Crippen molar-refractivity contribution in [3.63, 3.8) is 0 Å². The number of hydrogen-bond acceptors (Lipinski definition) is 3. The van der Waals surface area contributed by atoms with E-state index in [1.54, 1.807) is 11.6 Å². The molecule has 0 bridgehead atoms. The Kier molecular flexibility index (Phi) is 4.91. The summed E-state index contributed by atoms with van der Waals surface area (Å²) >= 11 is 6.31. The fraction of sp³-hybridized carbons (Fsp3) is 0.438. The number of rotatable bonds is 5. The third-order valence-corrected chi connectivity index (χ3v) is 3.99. The highest BCUT2D eigenvalue weighted by molar-refractivity contribution is 6.31. The van der Waals surface area contributed by atoms with Crippen LogP contribution in [-0.2, 0) is 20.1 Å². The highest BCUT2D eigenvalue weighted by Gasteiger charge is 2.14. The van der Waals surface area contributed by atoms with E-state index in [2.05, 4.69) is 5.10 Å². The number of aromatic nitrogens is 2. The highest BCUT2D eigenvalue weighted by atomic mass is 35.5. The van der Waals surface area contributed by atoms with E-state index in [9.17, 15) is 5.11 Å². The van der Waals surface area contributed by atoms with Crippen molar-refractivity contribution in [1.29, 1.82) is 0 Å². The minimum Gasteiger partial charge on any atom is -0.487 e. The Hall–Kier alpha value is -1.52. The van der Waals surface area contributed by atoms with E-state index in [0.717, 1.165) is 34.7 Å². The molecule has 0 unspecified atom stereocenters. The van der Waals surface area contributed by atoms with Gasteiger partial charge in [-0.15, -0.1) is 0 Å². The summed E-state index contributed by atoms with van der Waals surface area (Å²) in [5.74, 6) is 0.787. The van der Waals surface area contributed by atoms with Gasteiger partial charge >= 0.3 is 0 Å². The van der Waals surface area contributed by atoms with E-state index < -0.39 is 6.10 Å². The molecule has 21 heavy (non-hydrogen) atoms. The third-order valence-electron chi connectivity index (χ3n) is 3.55. The van der Waals surface area contributed by atoms with Crippen molar-refractivity contribution in [3.8, 4) is 5.75 Å². The summed E-state index contributed by atoms with van der Waals surface area (Å²) < 4.78 is 7.61. The molecule has 114 valence electrons. The molecule has 0 saturated heterocycles. The lowest BCUT2D eigenvalue weighted by molar-refractivity contribution is 0.199. The van der Waals surface area contributed by atoms with E-state index in [1.165, 1.54) is 0 Å². The van der Waals surface area contributed by atoms with Crippen molar-refractivity contribution >= 4 is 11.6 Å². The first kappa shape index (κ1) is 15.9. The zero-order chi connectivity index (χ0) is 15.6. The molecule has 0 saturated carbocycles. The molecule has 4 nitrogen and oxygen atoms in total. The predicted molar refractivity (Wildman–Crippen MR) is 83.7 cm³/mol. The van der Waals surface area contributed by atoms with E-state index in [4.69, 9.17) is 16.3 Å². The minimum atomic E-state index is -0.476. The molecule has 2 aromatic rings. The number of nitrogens with zero attached hydrogens (tertiary/aromatic N) is 2. The van der Waals surface area contributed by atoms with Gasteiger partial charge in [0.05, 0.1) is 22.5 Å². The van der Waals surface area contributed by atoms with E-state index in [1.807, 2.05) is 39.1 Å². The molecule has 0 spiro atoms. The summed E-state index contributed by atoms with van der Waals surface area (Å²) in [5.41, 5.74) is 3.63. The summed E-state index contributed by atoms with van der Waals surface area (Å²) in [6, 6.07) is 5.68. The standard InChI is InChI=1S/C16H21ClN2O2/c1-5-13-16(17)14(19(4)18-13)9-21-15-7-6-12(11(3)20)8-10(15)2/h6-8,11,20H,5,9H2,1-4H3/t11-/m1/s1. The van der Waals surface area contributed by atoms with Crippen molar-refractivity contribution in [1.82, 2.24) is 9.78 Å². The second-order valence-electron chi connectivity index (χ2n) is 5.17. The van der Waals surface area contributed by atoms with Gasteiger partial charge in [0, 0.05) is 7.05 Å². The topological polar surface area (TPSA) is 47.3 Å². The van der Waals surface area contributed by atoms with Crippen LogP contribution in [0, 0.1) is 6.92 Å². The van der Waals surface area contributed by atoms with Crippen molar-refractivity contribution in [2.24, 2.45) is 7.05 Å². The van der Waals surface area contributed by atoms with Gasteiger partial charge in [0.2, 0.25) is 0 Å². The number of ether oxygens (including phenoxy) is 1. The van der Waals surface area contributed by atoms with Crippen LogP contribution in [0.1, 0.15) is 42.5 Å². The van der Waals surface area contributed by atoms with Gasteiger partial charge in [-0.2, -0.15) is 5.10 Å². The molecule has 1 atom stereocenters. The molecule has 0 amide bonds. The zero-order valence-corrected chi connectivity index (χ0v) is 13.6. The van der Waals surface area contributed by atoms with Crippen LogP contribution in [0.2, 0.25) is 5.02 Å². The number of halogens is 1. The molecule has 0 aliphatic rings. The summed E-state index contributed by atoms with van der Waals surface area (Å²) in [4.78, 5) is 0. The Labute approximate surface area is 130 Å². The largest absolute Gasteiger partial charge is 0.487 e. The molecule has 1 aromatic heterocycles. The van der Waals surface area contributed by atoms with Crippen LogP contribution in [0.4, 0.5) is 0 Å². The maximum Gasteiger partial charge on any atom is 0.131 e. The Morgan fingerprint density at radius 2 is 2.14 bits per heavy atom.